The molecule has 148 valence electrons. The van der Waals surface area contributed by atoms with E-state index in [1.807, 2.05) is 19.1 Å². The van der Waals surface area contributed by atoms with Crippen molar-refractivity contribution in [2.75, 3.05) is 0 Å². The summed E-state index contributed by atoms with van der Waals surface area (Å²) >= 11 is 6.21. The molecule has 7 nitrogen and oxygen atoms in total. The van der Waals surface area contributed by atoms with Gasteiger partial charge in [0.25, 0.3) is 0 Å². The predicted molar refractivity (Wildman–Crippen MR) is 107 cm³/mol. The molecule has 1 aromatic carbocycles. The lowest BCUT2D eigenvalue weighted by Gasteiger charge is -2.26. The molecule has 1 aliphatic carbocycles. The Balaban J connectivity index is 0.00000192. The largest absolute Gasteiger partial charge is 0.339 e. The summed E-state index contributed by atoms with van der Waals surface area (Å²) in [6.07, 6.45) is 4.14. The molecule has 0 radical (unpaired) electrons. The summed E-state index contributed by atoms with van der Waals surface area (Å²) in [4.78, 5) is 4.41. The Morgan fingerprint density at radius 3 is 2.64 bits per heavy atom. The van der Waals surface area contributed by atoms with E-state index in [0.717, 1.165) is 60.5 Å². The number of aryl methyl sites for hydroxylation is 1. The molecule has 0 saturated heterocycles. The second-order valence-electron chi connectivity index (χ2n) is 7.41. The first-order chi connectivity index (χ1) is 13.2. The maximum absolute atomic E-state index is 6.21. The molecule has 1 saturated carbocycles. The van der Waals surface area contributed by atoms with Gasteiger partial charge in [-0.2, -0.15) is 4.98 Å². The lowest BCUT2D eigenvalue weighted by molar-refractivity contribution is 0.295. The van der Waals surface area contributed by atoms with Crippen LogP contribution in [0.3, 0.4) is 0 Å². The van der Waals surface area contributed by atoms with Crippen LogP contribution in [0.2, 0.25) is 5.02 Å². The average molecular weight is 421 g/mol. The standard InChI is InChI=1S/C19H21ClN6O.ClH/c1-11-22-19(27-25-11)13-4-2-12(3-5-13)18-24-23-17-10-21-9-14-8-15(20)6-7-16(14)26(17)18;/h6-8,12-13,21H,2-5,9-10H2,1H3;1H/t12-,13-;. The van der Waals surface area contributed by atoms with E-state index in [0.29, 0.717) is 24.2 Å². The van der Waals surface area contributed by atoms with Crippen LogP contribution in [0.4, 0.5) is 0 Å². The first kappa shape index (κ1) is 19.4. The van der Waals surface area contributed by atoms with Crippen molar-refractivity contribution in [3.05, 3.63) is 52.1 Å². The molecule has 0 amide bonds. The highest BCUT2D eigenvalue weighted by Crippen LogP contribution is 2.40. The quantitative estimate of drug-likeness (QED) is 0.672. The monoisotopic (exact) mass is 420 g/mol. The van der Waals surface area contributed by atoms with Gasteiger partial charge in [0.2, 0.25) is 5.89 Å². The van der Waals surface area contributed by atoms with E-state index in [2.05, 4.69) is 36.3 Å². The van der Waals surface area contributed by atoms with Gasteiger partial charge in [0, 0.05) is 23.4 Å². The zero-order valence-corrected chi connectivity index (χ0v) is 17.1. The summed E-state index contributed by atoms with van der Waals surface area (Å²) in [6, 6.07) is 6.04. The van der Waals surface area contributed by atoms with Gasteiger partial charge >= 0.3 is 0 Å². The van der Waals surface area contributed by atoms with E-state index in [9.17, 15) is 0 Å². The van der Waals surface area contributed by atoms with Crippen LogP contribution in [0.25, 0.3) is 5.69 Å². The number of hydrogen-bond donors (Lipinski definition) is 1. The number of halogens is 2. The normalized spacial score (nSPS) is 21.4. The van der Waals surface area contributed by atoms with Crippen molar-refractivity contribution in [3.8, 4) is 5.69 Å². The molecule has 0 atom stereocenters. The lowest BCUT2D eigenvalue weighted by Crippen LogP contribution is -2.17. The van der Waals surface area contributed by atoms with Crippen LogP contribution < -0.4 is 5.32 Å². The number of hydrogen-bond acceptors (Lipinski definition) is 6. The second kappa shape index (κ2) is 7.81. The maximum atomic E-state index is 6.21. The summed E-state index contributed by atoms with van der Waals surface area (Å²) in [7, 11) is 0. The van der Waals surface area contributed by atoms with Crippen molar-refractivity contribution in [3.63, 3.8) is 0 Å². The molecule has 0 unspecified atom stereocenters. The summed E-state index contributed by atoms with van der Waals surface area (Å²) in [5.41, 5.74) is 2.31. The van der Waals surface area contributed by atoms with Crippen molar-refractivity contribution in [2.45, 2.75) is 57.5 Å². The minimum atomic E-state index is 0. The van der Waals surface area contributed by atoms with E-state index >= 15 is 0 Å². The molecule has 0 spiro atoms. The Kier molecular flexibility index (Phi) is 5.40. The van der Waals surface area contributed by atoms with Gasteiger partial charge in [-0.25, -0.2) is 0 Å². The third kappa shape index (κ3) is 3.43. The van der Waals surface area contributed by atoms with E-state index in [-0.39, 0.29) is 12.4 Å². The number of benzene rings is 1. The smallest absolute Gasteiger partial charge is 0.229 e. The number of rotatable bonds is 2. The van der Waals surface area contributed by atoms with Crippen LogP contribution >= 0.6 is 24.0 Å². The summed E-state index contributed by atoms with van der Waals surface area (Å²) in [5, 5.41) is 17.2. The molecule has 0 bridgehead atoms. The van der Waals surface area contributed by atoms with Crippen LogP contribution in [-0.2, 0) is 13.1 Å². The third-order valence-corrected chi connectivity index (χ3v) is 5.86. The number of nitrogens with one attached hydrogen (secondary N) is 1. The number of aromatic nitrogens is 5. The van der Waals surface area contributed by atoms with Gasteiger partial charge in [0.15, 0.2) is 11.6 Å². The number of nitrogens with zero attached hydrogens (tertiary/aromatic N) is 5. The van der Waals surface area contributed by atoms with E-state index in [4.69, 9.17) is 16.1 Å². The molecular weight excluding hydrogens is 399 g/mol. The Morgan fingerprint density at radius 1 is 1.11 bits per heavy atom. The second-order valence-corrected chi connectivity index (χ2v) is 7.85. The highest BCUT2D eigenvalue weighted by molar-refractivity contribution is 6.30. The SMILES string of the molecule is Cc1noc([C@H]2CC[C@H](c3nnc4n3-c3ccc(Cl)cc3CNC4)CC2)n1.Cl. The molecule has 9 heteroatoms. The van der Waals surface area contributed by atoms with Crippen LogP contribution in [0.5, 0.6) is 0 Å². The molecule has 3 aromatic rings. The highest BCUT2D eigenvalue weighted by atomic mass is 35.5. The minimum Gasteiger partial charge on any atom is -0.339 e. The zero-order valence-electron chi connectivity index (χ0n) is 15.6. The minimum absolute atomic E-state index is 0. The molecule has 1 fully saturated rings. The highest BCUT2D eigenvalue weighted by Gasteiger charge is 2.31. The maximum Gasteiger partial charge on any atom is 0.229 e. The molecule has 1 N–H and O–H groups in total. The fourth-order valence-corrected chi connectivity index (χ4v) is 4.47. The van der Waals surface area contributed by atoms with Gasteiger partial charge in [0.1, 0.15) is 5.82 Å². The first-order valence-electron chi connectivity index (χ1n) is 9.43. The van der Waals surface area contributed by atoms with Crippen LogP contribution in [-0.4, -0.2) is 24.9 Å². The lowest BCUT2D eigenvalue weighted by atomic mass is 9.81. The topological polar surface area (TPSA) is 81.7 Å². The Morgan fingerprint density at radius 2 is 1.89 bits per heavy atom. The van der Waals surface area contributed by atoms with E-state index in [1.54, 1.807) is 0 Å². The molecule has 2 aliphatic rings. The van der Waals surface area contributed by atoms with Gasteiger partial charge in [-0.15, -0.1) is 22.6 Å². The molecular formula is C19H22Cl2N6O. The van der Waals surface area contributed by atoms with Crippen LogP contribution in [0.1, 0.15) is 66.4 Å². The first-order valence-corrected chi connectivity index (χ1v) is 9.81. The van der Waals surface area contributed by atoms with Crippen molar-refractivity contribution in [1.82, 2.24) is 30.2 Å². The van der Waals surface area contributed by atoms with E-state index in [1.165, 1.54) is 5.56 Å². The average Bonchev–Trinajstić information content (AvgIpc) is 3.25. The molecule has 3 heterocycles. The summed E-state index contributed by atoms with van der Waals surface area (Å²) in [5.74, 6) is 4.22. The molecule has 1 aliphatic heterocycles. The summed E-state index contributed by atoms with van der Waals surface area (Å²) < 4.78 is 7.61. The molecule has 5 rings (SSSR count). The Labute approximate surface area is 174 Å². The van der Waals surface area contributed by atoms with Gasteiger partial charge < -0.3 is 9.84 Å². The van der Waals surface area contributed by atoms with Crippen LogP contribution in [0.15, 0.2) is 22.7 Å². The fraction of sp³-hybridized carbons (Fsp3) is 0.474. The summed E-state index contributed by atoms with van der Waals surface area (Å²) in [6.45, 7) is 3.35. The third-order valence-electron chi connectivity index (χ3n) is 5.62. The van der Waals surface area contributed by atoms with Crippen LogP contribution in [0, 0.1) is 6.92 Å². The van der Waals surface area contributed by atoms with Gasteiger partial charge in [0.05, 0.1) is 12.2 Å². The van der Waals surface area contributed by atoms with Crippen molar-refractivity contribution in [2.24, 2.45) is 0 Å². The fourth-order valence-electron chi connectivity index (χ4n) is 4.27. The van der Waals surface area contributed by atoms with Crippen molar-refractivity contribution in [1.29, 1.82) is 0 Å². The van der Waals surface area contributed by atoms with Gasteiger partial charge in [-0.1, -0.05) is 16.8 Å². The Bertz CT molecular complexity index is 977. The van der Waals surface area contributed by atoms with Crippen molar-refractivity contribution < 1.29 is 4.52 Å². The van der Waals surface area contributed by atoms with Gasteiger partial charge in [-0.3, -0.25) is 4.57 Å². The molecule has 28 heavy (non-hydrogen) atoms. The van der Waals surface area contributed by atoms with Gasteiger partial charge in [-0.05, 0) is 56.4 Å². The Hall–Kier alpha value is -1.96. The van der Waals surface area contributed by atoms with Crippen molar-refractivity contribution >= 4 is 24.0 Å². The van der Waals surface area contributed by atoms with E-state index < -0.39 is 0 Å². The zero-order chi connectivity index (χ0) is 18.4. The predicted octanol–water partition coefficient (Wildman–Crippen LogP) is 4.08. The molecule has 2 aromatic heterocycles. The number of fused-ring (bicyclic) bond motifs is 3.